The highest BCUT2D eigenvalue weighted by Gasteiger charge is 2.47. The molecule has 0 bridgehead atoms. The Morgan fingerprint density at radius 2 is 2.09 bits per heavy atom. The normalized spacial score (nSPS) is 16.7. The zero-order valence-corrected chi connectivity index (χ0v) is 13.7. The zero-order valence-electron chi connectivity index (χ0n) is 13.7. The summed E-state index contributed by atoms with van der Waals surface area (Å²) in [5, 5.41) is 19.9. The summed E-state index contributed by atoms with van der Waals surface area (Å²) in [7, 11) is 0. The number of aliphatic carboxylic acids is 1. The molecule has 0 atom stereocenters. The predicted octanol–water partition coefficient (Wildman–Crippen LogP) is 0.332. The molecule has 1 aliphatic rings. The predicted molar refractivity (Wildman–Crippen MR) is 80.8 cm³/mol. The minimum absolute atomic E-state index is 0.0519. The van der Waals surface area contributed by atoms with Crippen LogP contribution in [0, 0.1) is 0 Å². The molecule has 2 rings (SSSR count). The van der Waals surface area contributed by atoms with Gasteiger partial charge in [0.2, 0.25) is 0 Å². The third kappa shape index (κ3) is 4.92. The Labute approximate surface area is 134 Å². The number of hydrogen-bond donors (Lipinski definition) is 2. The molecule has 0 spiro atoms. The van der Waals surface area contributed by atoms with Crippen molar-refractivity contribution in [2.75, 3.05) is 19.6 Å². The maximum absolute atomic E-state index is 12.0. The van der Waals surface area contributed by atoms with Crippen molar-refractivity contribution in [2.45, 2.75) is 44.9 Å². The van der Waals surface area contributed by atoms with Gasteiger partial charge in [-0.3, -0.25) is 9.48 Å². The summed E-state index contributed by atoms with van der Waals surface area (Å²) >= 11 is 0. The number of rotatable bonds is 6. The Kier molecular flexibility index (Phi) is 4.88. The SMILES string of the molecule is CC(C)(C)OC(=O)N1CC(CC(=O)O)(NCCn2ccnn2)C1. The lowest BCUT2D eigenvalue weighted by Gasteiger charge is -2.49. The highest BCUT2D eigenvalue weighted by Crippen LogP contribution is 2.26. The van der Waals surface area contributed by atoms with E-state index in [4.69, 9.17) is 9.84 Å². The van der Waals surface area contributed by atoms with Crippen molar-refractivity contribution in [3.05, 3.63) is 12.4 Å². The van der Waals surface area contributed by atoms with E-state index >= 15 is 0 Å². The van der Waals surface area contributed by atoms with Gasteiger partial charge in [-0.1, -0.05) is 5.21 Å². The lowest BCUT2D eigenvalue weighted by atomic mass is 9.86. The summed E-state index contributed by atoms with van der Waals surface area (Å²) in [4.78, 5) is 24.6. The van der Waals surface area contributed by atoms with Crippen molar-refractivity contribution in [3.8, 4) is 0 Å². The van der Waals surface area contributed by atoms with Gasteiger partial charge in [-0.2, -0.15) is 0 Å². The summed E-state index contributed by atoms with van der Waals surface area (Å²) < 4.78 is 6.95. The number of carboxylic acid groups (broad SMARTS) is 1. The molecule has 0 aliphatic carbocycles. The van der Waals surface area contributed by atoms with E-state index in [1.54, 1.807) is 37.8 Å². The number of carboxylic acids is 1. The van der Waals surface area contributed by atoms with Crippen LogP contribution in [0.15, 0.2) is 12.4 Å². The second-order valence-electron chi connectivity index (χ2n) is 6.78. The molecular formula is C14H23N5O4. The van der Waals surface area contributed by atoms with Gasteiger partial charge in [0, 0.05) is 25.8 Å². The van der Waals surface area contributed by atoms with Crippen LogP contribution in [-0.2, 0) is 16.1 Å². The van der Waals surface area contributed by atoms with Crippen molar-refractivity contribution >= 4 is 12.1 Å². The molecule has 2 N–H and O–H groups in total. The molecule has 1 saturated heterocycles. The van der Waals surface area contributed by atoms with Crippen LogP contribution in [0.25, 0.3) is 0 Å². The highest BCUT2D eigenvalue weighted by atomic mass is 16.6. The van der Waals surface area contributed by atoms with E-state index in [2.05, 4.69) is 15.6 Å². The molecule has 23 heavy (non-hydrogen) atoms. The third-order valence-corrected chi connectivity index (χ3v) is 3.44. The molecule has 1 aromatic heterocycles. The topological polar surface area (TPSA) is 110 Å². The Hall–Kier alpha value is -2.16. The number of aromatic nitrogens is 3. The number of nitrogens with zero attached hydrogens (tertiary/aromatic N) is 4. The lowest BCUT2D eigenvalue weighted by molar-refractivity contribution is -0.141. The molecule has 0 aromatic carbocycles. The summed E-state index contributed by atoms with van der Waals surface area (Å²) in [6.07, 6.45) is 2.85. The van der Waals surface area contributed by atoms with Gasteiger partial charge in [-0.25, -0.2) is 4.79 Å². The van der Waals surface area contributed by atoms with Gasteiger partial charge in [0.25, 0.3) is 0 Å². The van der Waals surface area contributed by atoms with Gasteiger partial charge >= 0.3 is 12.1 Å². The molecule has 1 aliphatic heterocycles. The van der Waals surface area contributed by atoms with Gasteiger partial charge in [0.1, 0.15) is 5.60 Å². The van der Waals surface area contributed by atoms with Gasteiger partial charge in [0.05, 0.1) is 24.7 Å². The summed E-state index contributed by atoms with van der Waals surface area (Å²) in [6, 6.07) is 0. The van der Waals surface area contributed by atoms with Gasteiger partial charge in [-0.15, -0.1) is 5.10 Å². The highest BCUT2D eigenvalue weighted by molar-refractivity contribution is 5.73. The van der Waals surface area contributed by atoms with Crippen molar-refractivity contribution in [2.24, 2.45) is 0 Å². The third-order valence-electron chi connectivity index (χ3n) is 3.44. The Morgan fingerprint density at radius 3 is 2.61 bits per heavy atom. The fourth-order valence-electron chi connectivity index (χ4n) is 2.50. The molecule has 1 aromatic rings. The van der Waals surface area contributed by atoms with Crippen molar-refractivity contribution < 1.29 is 19.4 Å². The molecule has 9 heteroatoms. The van der Waals surface area contributed by atoms with Crippen LogP contribution in [0.3, 0.4) is 0 Å². The average molecular weight is 325 g/mol. The molecule has 2 heterocycles. The van der Waals surface area contributed by atoms with Gasteiger partial charge in [0.15, 0.2) is 0 Å². The fraction of sp³-hybridized carbons (Fsp3) is 0.714. The Bertz CT molecular complexity index is 546. The number of amides is 1. The minimum Gasteiger partial charge on any atom is -0.481 e. The summed E-state index contributed by atoms with van der Waals surface area (Å²) in [5.74, 6) is -0.901. The average Bonchev–Trinajstić information content (AvgIpc) is 2.85. The second kappa shape index (κ2) is 6.53. The number of nitrogens with one attached hydrogen (secondary N) is 1. The van der Waals surface area contributed by atoms with E-state index in [0.717, 1.165) is 0 Å². The zero-order chi connectivity index (χ0) is 17.1. The number of hydrogen-bond acceptors (Lipinski definition) is 6. The summed E-state index contributed by atoms with van der Waals surface area (Å²) in [6.45, 7) is 7.13. The van der Waals surface area contributed by atoms with Crippen LogP contribution in [0.4, 0.5) is 4.79 Å². The number of carbonyl (C=O) groups excluding carboxylic acids is 1. The van der Waals surface area contributed by atoms with E-state index in [9.17, 15) is 9.59 Å². The fourth-order valence-corrected chi connectivity index (χ4v) is 2.50. The molecule has 0 radical (unpaired) electrons. The smallest absolute Gasteiger partial charge is 0.410 e. The largest absolute Gasteiger partial charge is 0.481 e. The first-order valence-corrected chi connectivity index (χ1v) is 7.48. The lowest BCUT2D eigenvalue weighted by Crippen LogP contribution is -2.71. The molecule has 0 saturated carbocycles. The first kappa shape index (κ1) is 17.2. The van der Waals surface area contributed by atoms with Crippen LogP contribution in [0.2, 0.25) is 0 Å². The first-order chi connectivity index (χ1) is 10.7. The number of carbonyl (C=O) groups is 2. The molecule has 128 valence electrons. The van der Waals surface area contributed by atoms with Crippen LogP contribution in [0.5, 0.6) is 0 Å². The molecule has 9 nitrogen and oxygen atoms in total. The van der Waals surface area contributed by atoms with Crippen LogP contribution < -0.4 is 5.32 Å². The van der Waals surface area contributed by atoms with E-state index in [-0.39, 0.29) is 6.42 Å². The van der Waals surface area contributed by atoms with Crippen LogP contribution >= 0.6 is 0 Å². The van der Waals surface area contributed by atoms with Crippen LogP contribution in [-0.4, -0.2) is 67.8 Å². The molecule has 1 fully saturated rings. The summed E-state index contributed by atoms with van der Waals surface area (Å²) in [5.41, 5.74) is -1.19. The van der Waals surface area contributed by atoms with E-state index in [1.165, 1.54) is 4.90 Å². The number of likely N-dealkylation sites (tertiary alicyclic amines) is 1. The maximum Gasteiger partial charge on any atom is 0.410 e. The van der Waals surface area contributed by atoms with Gasteiger partial charge in [-0.05, 0) is 20.8 Å². The monoisotopic (exact) mass is 325 g/mol. The van der Waals surface area contributed by atoms with E-state index < -0.39 is 23.2 Å². The standard InChI is InChI=1S/C14H23N5O4/c1-13(2,3)23-12(22)18-9-14(10-18,8-11(20)21)15-4-6-19-7-5-16-17-19/h5,7,15H,4,6,8-10H2,1-3H3,(H,20,21). The maximum atomic E-state index is 12.0. The minimum atomic E-state index is -0.901. The van der Waals surface area contributed by atoms with Crippen molar-refractivity contribution in [1.82, 2.24) is 25.2 Å². The van der Waals surface area contributed by atoms with Gasteiger partial charge < -0.3 is 20.1 Å². The Morgan fingerprint density at radius 1 is 1.39 bits per heavy atom. The quantitative estimate of drug-likeness (QED) is 0.775. The molecular weight excluding hydrogens is 302 g/mol. The number of ether oxygens (including phenoxy) is 1. The van der Waals surface area contributed by atoms with Crippen molar-refractivity contribution in [3.63, 3.8) is 0 Å². The van der Waals surface area contributed by atoms with Crippen LogP contribution in [0.1, 0.15) is 27.2 Å². The second-order valence-corrected chi connectivity index (χ2v) is 6.78. The van der Waals surface area contributed by atoms with Crippen molar-refractivity contribution in [1.29, 1.82) is 0 Å². The Balaban J connectivity index is 1.86. The van der Waals surface area contributed by atoms with E-state index in [0.29, 0.717) is 26.2 Å². The molecule has 1 amide bonds. The first-order valence-electron chi connectivity index (χ1n) is 7.48. The van der Waals surface area contributed by atoms with E-state index in [1.807, 2.05) is 0 Å². The molecule has 0 unspecified atom stereocenters.